The standard InChI is InChI=1S/C13H15N3O5/c1-8(17)14-4-5-15-12(18)13(19)16-9-2-3-10-11(6-9)21-7-20-10/h2-3,6H,4-5,7H2,1H3,(H,14,17)(H,15,18)(H,16,19). The second-order valence-electron chi connectivity index (χ2n) is 4.26. The molecule has 1 aromatic carbocycles. The molecule has 8 nitrogen and oxygen atoms in total. The van der Waals surface area contributed by atoms with Crippen molar-refractivity contribution >= 4 is 23.4 Å². The number of hydrogen-bond donors (Lipinski definition) is 3. The number of carbonyl (C=O) groups is 3. The van der Waals surface area contributed by atoms with Crippen molar-refractivity contribution in [3.63, 3.8) is 0 Å². The lowest BCUT2D eigenvalue weighted by atomic mass is 10.2. The Morgan fingerprint density at radius 2 is 1.76 bits per heavy atom. The van der Waals surface area contributed by atoms with Crippen molar-refractivity contribution in [1.82, 2.24) is 10.6 Å². The van der Waals surface area contributed by atoms with E-state index >= 15 is 0 Å². The van der Waals surface area contributed by atoms with Crippen LogP contribution in [0, 0.1) is 0 Å². The molecule has 3 N–H and O–H groups in total. The highest BCUT2D eigenvalue weighted by Gasteiger charge is 2.17. The Morgan fingerprint density at radius 1 is 1.05 bits per heavy atom. The van der Waals surface area contributed by atoms with Crippen LogP contribution in [0.2, 0.25) is 0 Å². The van der Waals surface area contributed by atoms with E-state index in [0.29, 0.717) is 17.2 Å². The third-order valence-corrected chi connectivity index (χ3v) is 2.62. The van der Waals surface area contributed by atoms with Crippen molar-refractivity contribution < 1.29 is 23.9 Å². The quantitative estimate of drug-likeness (QED) is 0.518. The van der Waals surface area contributed by atoms with Crippen LogP contribution in [0.3, 0.4) is 0 Å². The summed E-state index contributed by atoms with van der Waals surface area (Å²) in [6.07, 6.45) is 0. The molecule has 0 aromatic heterocycles. The topological polar surface area (TPSA) is 106 Å². The van der Waals surface area contributed by atoms with Gasteiger partial charge in [-0.25, -0.2) is 0 Å². The van der Waals surface area contributed by atoms with Gasteiger partial charge < -0.3 is 25.4 Å². The minimum Gasteiger partial charge on any atom is -0.454 e. The van der Waals surface area contributed by atoms with Crippen LogP contribution in [0.5, 0.6) is 11.5 Å². The van der Waals surface area contributed by atoms with Crippen LogP contribution in [0.25, 0.3) is 0 Å². The lowest BCUT2D eigenvalue weighted by molar-refractivity contribution is -0.136. The first kappa shape index (κ1) is 14.6. The molecule has 0 fully saturated rings. The Bertz CT molecular complexity index is 573. The number of rotatable bonds is 4. The van der Waals surface area contributed by atoms with E-state index in [1.165, 1.54) is 6.92 Å². The van der Waals surface area contributed by atoms with Crippen LogP contribution < -0.4 is 25.4 Å². The zero-order valence-corrected chi connectivity index (χ0v) is 11.4. The van der Waals surface area contributed by atoms with Gasteiger partial charge in [-0.1, -0.05) is 0 Å². The van der Waals surface area contributed by atoms with Crippen LogP contribution in [0.1, 0.15) is 6.92 Å². The second kappa shape index (κ2) is 6.60. The van der Waals surface area contributed by atoms with Crippen molar-refractivity contribution in [3.8, 4) is 11.5 Å². The van der Waals surface area contributed by atoms with Gasteiger partial charge in [0.25, 0.3) is 0 Å². The minimum absolute atomic E-state index is 0.135. The Labute approximate surface area is 120 Å². The van der Waals surface area contributed by atoms with E-state index < -0.39 is 11.8 Å². The average Bonchev–Trinajstić information content (AvgIpc) is 2.90. The Hall–Kier alpha value is -2.77. The van der Waals surface area contributed by atoms with Crippen molar-refractivity contribution in [3.05, 3.63) is 18.2 Å². The molecule has 1 heterocycles. The van der Waals surface area contributed by atoms with Crippen molar-refractivity contribution in [1.29, 1.82) is 0 Å². The lowest BCUT2D eigenvalue weighted by Gasteiger charge is -2.07. The van der Waals surface area contributed by atoms with Crippen LogP contribution in [-0.2, 0) is 14.4 Å². The Morgan fingerprint density at radius 3 is 2.52 bits per heavy atom. The van der Waals surface area contributed by atoms with Crippen molar-refractivity contribution in [2.24, 2.45) is 0 Å². The molecule has 3 amide bonds. The monoisotopic (exact) mass is 293 g/mol. The maximum atomic E-state index is 11.7. The number of amides is 3. The zero-order chi connectivity index (χ0) is 15.2. The number of anilines is 1. The molecule has 21 heavy (non-hydrogen) atoms. The molecule has 0 spiro atoms. The van der Waals surface area contributed by atoms with E-state index in [9.17, 15) is 14.4 Å². The molecule has 1 aliphatic rings. The first-order valence-corrected chi connectivity index (χ1v) is 6.29. The highest BCUT2D eigenvalue weighted by Crippen LogP contribution is 2.34. The summed E-state index contributed by atoms with van der Waals surface area (Å²) < 4.78 is 10.3. The number of nitrogens with one attached hydrogen (secondary N) is 3. The third-order valence-electron chi connectivity index (χ3n) is 2.62. The minimum atomic E-state index is -0.795. The predicted octanol–water partition coefficient (Wildman–Crippen LogP) is -0.394. The second-order valence-corrected chi connectivity index (χ2v) is 4.26. The number of benzene rings is 1. The van der Waals surface area contributed by atoms with E-state index in [1.54, 1.807) is 18.2 Å². The van der Waals surface area contributed by atoms with E-state index in [-0.39, 0.29) is 25.8 Å². The first-order valence-electron chi connectivity index (χ1n) is 6.29. The van der Waals surface area contributed by atoms with E-state index in [0.717, 1.165) is 0 Å². The largest absolute Gasteiger partial charge is 0.454 e. The molecule has 112 valence electrons. The molecule has 0 saturated heterocycles. The summed E-state index contributed by atoms with van der Waals surface area (Å²) in [5, 5.41) is 7.34. The van der Waals surface area contributed by atoms with Gasteiger partial charge in [-0.05, 0) is 12.1 Å². The van der Waals surface area contributed by atoms with E-state index in [1.807, 2.05) is 0 Å². The summed E-state index contributed by atoms with van der Waals surface area (Å²) in [6, 6.07) is 4.83. The number of hydrogen-bond acceptors (Lipinski definition) is 5. The molecular formula is C13H15N3O5. The number of carbonyl (C=O) groups excluding carboxylic acids is 3. The van der Waals surface area contributed by atoms with Crippen LogP contribution in [0.15, 0.2) is 18.2 Å². The summed E-state index contributed by atoms with van der Waals surface area (Å²) in [7, 11) is 0. The molecule has 2 rings (SSSR count). The maximum Gasteiger partial charge on any atom is 0.313 e. The van der Waals surface area contributed by atoms with Gasteiger partial charge in [-0.15, -0.1) is 0 Å². The molecule has 0 aliphatic carbocycles. The Kier molecular flexibility index (Phi) is 4.60. The summed E-state index contributed by atoms with van der Waals surface area (Å²) in [4.78, 5) is 33.8. The van der Waals surface area contributed by atoms with E-state index in [2.05, 4.69) is 16.0 Å². The maximum absolute atomic E-state index is 11.7. The fraction of sp³-hybridized carbons (Fsp3) is 0.308. The van der Waals surface area contributed by atoms with Crippen LogP contribution in [-0.4, -0.2) is 37.6 Å². The van der Waals surface area contributed by atoms with Gasteiger partial charge in [-0.2, -0.15) is 0 Å². The average molecular weight is 293 g/mol. The van der Waals surface area contributed by atoms with E-state index in [4.69, 9.17) is 9.47 Å². The first-order chi connectivity index (χ1) is 10.1. The summed E-state index contributed by atoms with van der Waals surface area (Å²) in [5.74, 6) is -0.671. The van der Waals surface area contributed by atoms with Crippen molar-refractivity contribution in [2.45, 2.75) is 6.92 Å². The van der Waals surface area contributed by atoms with Crippen LogP contribution in [0.4, 0.5) is 5.69 Å². The van der Waals surface area contributed by atoms with Gasteiger partial charge in [0.15, 0.2) is 11.5 Å². The molecule has 0 atom stereocenters. The SMILES string of the molecule is CC(=O)NCCNC(=O)C(=O)Nc1ccc2c(c1)OCO2. The van der Waals surface area contributed by atoms with Crippen molar-refractivity contribution in [2.75, 3.05) is 25.2 Å². The summed E-state index contributed by atoms with van der Waals surface area (Å²) in [5.41, 5.74) is 0.432. The molecule has 1 aromatic rings. The molecule has 0 bridgehead atoms. The normalized spacial score (nSPS) is 11.7. The molecule has 1 aliphatic heterocycles. The zero-order valence-electron chi connectivity index (χ0n) is 11.4. The third kappa shape index (κ3) is 4.10. The summed E-state index contributed by atoms with van der Waals surface area (Å²) >= 11 is 0. The predicted molar refractivity (Wildman–Crippen MR) is 72.9 cm³/mol. The lowest BCUT2D eigenvalue weighted by Crippen LogP contribution is -2.39. The van der Waals surface area contributed by atoms with Gasteiger partial charge in [0.05, 0.1) is 0 Å². The van der Waals surface area contributed by atoms with Gasteiger partial charge in [-0.3, -0.25) is 14.4 Å². The Balaban J connectivity index is 1.80. The molecule has 0 saturated carbocycles. The smallest absolute Gasteiger partial charge is 0.313 e. The molecular weight excluding hydrogens is 278 g/mol. The molecule has 0 radical (unpaired) electrons. The number of ether oxygens (including phenoxy) is 2. The van der Waals surface area contributed by atoms with Gasteiger partial charge in [0.1, 0.15) is 0 Å². The fourth-order valence-electron chi connectivity index (χ4n) is 1.66. The van der Waals surface area contributed by atoms with Gasteiger partial charge in [0.2, 0.25) is 12.7 Å². The fourth-order valence-corrected chi connectivity index (χ4v) is 1.66. The number of fused-ring (bicyclic) bond motifs is 1. The summed E-state index contributed by atoms with van der Waals surface area (Å²) in [6.45, 7) is 1.94. The highest BCUT2D eigenvalue weighted by molar-refractivity contribution is 6.39. The molecule has 8 heteroatoms. The highest BCUT2D eigenvalue weighted by atomic mass is 16.7. The van der Waals surface area contributed by atoms with Gasteiger partial charge >= 0.3 is 11.8 Å². The van der Waals surface area contributed by atoms with Crippen LogP contribution >= 0.6 is 0 Å². The van der Waals surface area contributed by atoms with Gasteiger partial charge in [0, 0.05) is 31.8 Å². The molecule has 0 unspecified atom stereocenters.